The summed E-state index contributed by atoms with van der Waals surface area (Å²) in [6.07, 6.45) is -16.2. The number of anilines is 1. The number of ether oxygens (including phenoxy) is 1. The minimum Gasteiger partial charge on any atom is -0.455 e. The molecule has 0 spiro atoms. The molecule has 0 aliphatic heterocycles. The fourth-order valence-electron chi connectivity index (χ4n) is 2.28. The van der Waals surface area contributed by atoms with Gasteiger partial charge in [0.25, 0.3) is 0 Å². The molecule has 0 atom stereocenters. The Morgan fingerprint density at radius 2 is 1.15 bits per heavy atom. The van der Waals surface area contributed by atoms with Gasteiger partial charge in [-0.3, -0.25) is 5.32 Å². The summed E-state index contributed by atoms with van der Waals surface area (Å²) in [6.45, 7) is 0. The Labute approximate surface area is 146 Å². The van der Waals surface area contributed by atoms with Crippen molar-refractivity contribution < 1.29 is 44.3 Å². The van der Waals surface area contributed by atoms with Gasteiger partial charge < -0.3 is 4.74 Å². The van der Waals surface area contributed by atoms with Crippen LogP contribution in [0.3, 0.4) is 0 Å². The number of para-hydroxylation sites is 3. The normalized spacial score (nSPS) is 13.0. The monoisotopic (exact) mass is 403 g/mol. The Morgan fingerprint density at radius 1 is 0.667 bits per heavy atom. The molecule has 148 valence electrons. The lowest BCUT2D eigenvalue weighted by atomic mass is 9.97. The third kappa shape index (κ3) is 5.44. The van der Waals surface area contributed by atoms with Crippen LogP contribution in [0.2, 0.25) is 0 Å². The Bertz CT molecular complexity index is 766. The lowest BCUT2D eigenvalue weighted by Gasteiger charge is -2.25. The van der Waals surface area contributed by atoms with E-state index < -0.39 is 47.3 Å². The summed E-state index contributed by atoms with van der Waals surface area (Å²) in [5, 5.41) is 1.11. The molecule has 2 aromatic rings. The van der Waals surface area contributed by atoms with E-state index in [1.165, 1.54) is 12.1 Å². The zero-order valence-electron chi connectivity index (χ0n) is 13.0. The van der Waals surface area contributed by atoms with Gasteiger partial charge in [-0.05, 0) is 18.2 Å². The number of alkyl halides is 9. The van der Waals surface area contributed by atoms with Gasteiger partial charge in [-0.2, -0.15) is 39.5 Å². The lowest BCUT2D eigenvalue weighted by Crippen LogP contribution is -2.34. The average Bonchev–Trinajstić information content (AvgIpc) is 2.47. The molecule has 0 saturated heterocycles. The molecule has 2 aromatic carbocycles. The molecule has 11 heteroatoms. The molecule has 0 aromatic heterocycles. The summed E-state index contributed by atoms with van der Waals surface area (Å²) in [4.78, 5) is 0. The number of benzene rings is 2. The summed E-state index contributed by atoms with van der Waals surface area (Å²) >= 11 is 0. The topological polar surface area (TPSA) is 21.3 Å². The smallest absolute Gasteiger partial charge is 0.455 e. The molecule has 27 heavy (non-hydrogen) atoms. The van der Waals surface area contributed by atoms with Crippen molar-refractivity contribution in [1.82, 2.24) is 0 Å². The van der Waals surface area contributed by atoms with E-state index in [0.717, 1.165) is 35.6 Å². The first-order valence-corrected chi connectivity index (χ1v) is 7.13. The van der Waals surface area contributed by atoms with Gasteiger partial charge in [-0.1, -0.05) is 30.3 Å². The second-order valence-electron chi connectivity index (χ2n) is 5.28. The highest BCUT2D eigenvalue weighted by atomic mass is 19.4. The molecule has 0 bridgehead atoms. The number of rotatable bonds is 4. The zero-order valence-corrected chi connectivity index (χ0v) is 13.0. The van der Waals surface area contributed by atoms with Crippen LogP contribution in [0.4, 0.5) is 45.2 Å². The van der Waals surface area contributed by atoms with Crippen LogP contribution in [0.5, 0.6) is 11.5 Å². The van der Waals surface area contributed by atoms with Crippen LogP contribution in [-0.2, 0) is 0 Å². The van der Waals surface area contributed by atoms with E-state index in [1.807, 2.05) is 0 Å². The van der Waals surface area contributed by atoms with Gasteiger partial charge in [-0.25, -0.2) is 0 Å². The number of hydrogen-bond donors (Lipinski definition) is 1. The van der Waals surface area contributed by atoms with Gasteiger partial charge in [0.2, 0.25) is 0 Å². The molecule has 0 unspecified atom stereocenters. The minimum absolute atomic E-state index is 0.556. The van der Waals surface area contributed by atoms with Crippen LogP contribution in [-0.4, -0.2) is 18.7 Å². The minimum atomic E-state index is -5.68. The standard InChI is InChI=1S/C16H10F9NO/c17-14(18,19)13(15(20,21)22)9-5-1-3-7-11(9)27-12-8-4-2-6-10(12)26-16(23,24)25/h1-8,13,26H. The number of halogens is 9. The van der Waals surface area contributed by atoms with E-state index >= 15 is 0 Å². The molecule has 0 amide bonds. The summed E-state index contributed by atoms with van der Waals surface area (Å²) in [7, 11) is 0. The lowest BCUT2D eigenvalue weighted by molar-refractivity contribution is -0.253. The van der Waals surface area contributed by atoms with Crippen molar-refractivity contribution in [2.45, 2.75) is 24.6 Å². The molecular weight excluding hydrogens is 393 g/mol. The van der Waals surface area contributed by atoms with Crippen molar-refractivity contribution in [1.29, 1.82) is 0 Å². The molecular formula is C16H10F9NO. The van der Waals surface area contributed by atoms with E-state index in [0.29, 0.717) is 6.07 Å². The van der Waals surface area contributed by atoms with Crippen molar-refractivity contribution >= 4 is 5.69 Å². The Morgan fingerprint density at radius 3 is 1.67 bits per heavy atom. The number of hydrogen-bond acceptors (Lipinski definition) is 2. The van der Waals surface area contributed by atoms with E-state index in [4.69, 9.17) is 4.74 Å². The molecule has 0 radical (unpaired) electrons. The maximum absolute atomic E-state index is 13.0. The van der Waals surface area contributed by atoms with E-state index in [1.54, 1.807) is 0 Å². The fourth-order valence-corrected chi connectivity index (χ4v) is 2.28. The average molecular weight is 403 g/mol. The molecule has 0 heterocycles. The summed E-state index contributed by atoms with van der Waals surface area (Å²) < 4.78 is 120. The number of nitrogens with one attached hydrogen (secondary N) is 1. The van der Waals surface area contributed by atoms with Crippen molar-refractivity contribution in [2.75, 3.05) is 5.32 Å². The predicted molar refractivity (Wildman–Crippen MR) is 77.5 cm³/mol. The first-order chi connectivity index (χ1) is 12.3. The van der Waals surface area contributed by atoms with Crippen molar-refractivity contribution in [3.63, 3.8) is 0 Å². The third-order valence-electron chi connectivity index (χ3n) is 3.27. The van der Waals surface area contributed by atoms with E-state index in [9.17, 15) is 39.5 Å². The SMILES string of the molecule is FC(F)(F)Nc1ccccc1Oc1ccccc1C(C(F)(F)F)C(F)(F)F. The van der Waals surface area contributed by atoms with E-state index in [2.05, 4.69) is 0 Å². The maximum Gasteiger partial charge on any atom is 0.482 e. The van der Waals surface area contributed by atoms with Crippen molar-refractivity contribution in [2.24, 2.45) is 0 Å². The van der Waals surface area contributed by atoms with Gasteiger partial charge in [0.15, 0.2) is 11.7 Å². The van der Waals surface area contributed by atoms with Crippen LogP contribution in [0.25, 0.3) is 0 Å². The second-order valence-corrected chi connectivity index (χ2v) is 5.28. The third-order valence-corrected chi connectivity index (χ3v) is 3.27. The first kappa shape index (κ1) is 20.7. The molecule has 2 rings (SSSR count). The molecule has 0 fully saturated rings. The van der Waals surface area contributed by atoms with Crippen molar-refractivity contribution in [3.05, 3.63) is 54.1 Å². The molecule has 0 saturated carbocycles. The van der Waals surface area contributed by atoms with Crippen LogP contribution in [0.15, 0.2) is 48.5 Å². The predicted octanol–water partition coefficient (Wildman–Crippen LogP) is 6.62. The van der Waals surface area contributed by atoms with Gasteiger partial charge in [0.1, 0.15) is 5.75 Å². The molecule has 0 aliphatic carbocycles. The Kier molecular flexibility index (Phi) is 5.52. The van der Waals surface area contributed by atoms with Crippen LogP contribution in [0, 0.1) is 0 Å². The highest BCUT2D eigenvalue weighted by Gasteiger charge is 2.58. The summed E-state index contributed by atoms with van der Waals surface area (Å²) in [5.41, 5.74) is -1.94. The maximum atomic E-state index is 13.0. The van der Waals surface area contributed by atoms with Crippen LogP contribution >= 0.6 is 0 Å². The van der Waals surface area contributed by atoms with Crippen LogP contribution in [0.1, 0.15) is 11.5 Å². The van der Waals surface area contributed by atoms with Gasteiger partial charge in [0, 0.05) is 5.56 Å². The highest BCUT2D eigenvalue weighted by molar-refractivity contribution is 5.58. The van der Waals surface area contributed by atoms with Gasteiger partial charge in [-0.15, -0.1) is 0 Å². The summed E-state index contributed by atoms with van der Waals surface area (Å²) in [5.74, 6) is -5.32. The largest absolute Gasteiger partial charge is 0.482 e. The Balaban J connectivity index is 2.49. The van der Waals surface area contributed by atoms with Gasteiger partial charge in [0.05, 0.1) is 5.69 Å². The zero-order chi connectivity index (χ0) is 20.5. The summed E-state index contributed by atoms with van der Waals surface area (Å²) in [6, 6.07) is 7.68. The molecule has 0 aliphatic rings. The Hall–Kier alpha value is -2.59. The highest BCUT2D eigenvalue weighted by Crippen LogP contribution is 2.49. The van der Waals surface area contributed by atoms with Crippen LogP contribution < -0.4 is 10.1 Å². The second kappa shape index (κ2) is 7.20. The van der Waals surface area contributed by atoms with E-state index in [-0.39, 0.29) is 0 Å². The van der Waals surface area contributed by atoms with Crippen molar-refractivity contribution in [3.8, 4) is 11.5 Å². The van der Waals surface area contributed by atoms with Gasteiger partial charge >= 0.3 is 18.7 Å². The fraction of sp³-hybridized carbons (Fsp3) is 0.250. The first-order valence-electron chi connectivity index (χ1n) is 7.13. The quantitative estimate of drug-likeness (QED) is 0.458. The molecule has 2 nitrogen and oxygen atoms in total. The molecule has 1 N–H and O–H groups in total.